The maximum absolute atomic E-state index is 12.8. The van der Waals surface area contributed by atoms with Crippen LogP contribution in [0.2, 0.25) is 0 Å². The molecule has 8 nitrogen and oxygen atoms in total. The van der Waals surface area contributed by atoms with Gasteiger partial charge in [-0.3, -0.25) is 4.79 Å². The summed E-state index contributed by atoms with van der Waals surface area (Å²) in [6, 6.07) is 3.36. The fourth-order valence-electron chi connectivity index (χ4n) is 4.10. The van der Waals surface area contributed by atoms with Crippen molar-refractivity contribution in [1.82, 2.24) is 0 Å². The Morgan fingerprint density at radius 3 is 2.27 bits per heavy atom. The van der Waals surface area contributed by atoms with Gasteiger partial charge in [-0.05, 0) is 29.7 Å². The second-order valence-corrected chi connectivity index (χ2v) is 6.93. The van der Waals surface area contributed by atoms with E-state index in [1.165, 1.54) is 28.4 Å². The van der Waals surface area contributed by atoms with Crippen LogP contribution < -0.4 is 9.47 Å². The van der Waals surface area contributed by atoms with Gasteiger partial charge < -0.3 is 23.7 Å². The van der Waals surface area contributed by atoms with E-state index in [1.807, 2.05) is 0 Å². The summed E-state index contributed by atoms with van der Waals surface area (Å²) >= 11 is 0. The van der Waals surface area contributed by atoms with E-state index in [0.29, 0.717) is 29.0 Å². The predicted molar refractivity (Wildman–Crippen MR) is 105 cm³/mol. The van der Waals surface area contributed by atoms with Gasteiger partial charge in [-0.1, -0.05) is 6.08 Å². The van der Waals surface area contributed by atoms with E-state index >= 15 is 0 Å². The summed E-state index contributed by atoms with van der Waals surface area (Å²) in [7, 11) is 5.40. The Balaban J connectivity index is 2.26. The molecule has 1 aromatic rings. The van der Waals surface area contributed by atoms with Gasteiger partial charge in [-0.2, -0.15) is 0 Å². The normalized spacial score (nSPS) is 21.1. The van der Waals surface area contributed by atoms with Crippen molar-refractivity contribution in [2.45, 2.75) is 31.0 Å². The van der Waals surface area contributed by atoms with Gasteiger partial charge in [-0.25, -0.2) is 9.59 Å². The maximum atomic E-state index is 12.8. The first kappa shape index (κ1) is 21.6. The lowest BCUT2D eigenvalue weighted by atomic mass is 9.74. The highest BCUT2D eigenvalue weighted by Gasteiger charge is 2.61. The highest BCUT2D eigenvalue weighted by molar-refractivity contribution is 6.06. The molecule has 30 heavy (non-hydrogen) atoms. The molecule has 0 unspecified atom stereocenters. The standard InChI is InChI=1S/C22H24O8/c1-6-7-8-12(23)11-22-14-10-16(27-3)15(26-2)9-13(14)19(30-22)17(20(24)28-4)18(22)21(25)29-5/h6,9-10,19H,1,7-8,11H2,2-5H3/t19-,22+/m1/s1. The van der Waals surface area contributed by atoms with Crippen molar-refractivity contribution in [3.05, 3.63) is 47.1 Å². The molecule has 0 saturated heterocycles. The zero-order valence-electron chi connectivity index (χ0n) is 17.4. The van der Waals surface area contributed by atoms with E-state index in [2.05, 4.69) is 6.58 Å². The van der Waals surface area contributed by atoms with Gasteiger partial charge in [0.05, 0.1) is 39.6 Å². The third kappa shape index (κ3) is 3.17. The molecule has 2 aliphatic heterocycles. The van der Waals surface area contributed by atoms with Crippen LogP contribution in [0.15, 0.2) is 35.9 Å². The number of allylic oxidation sites excluding steroid dienone is 1. The van der Waals surface area contributed by atoms with Crippen molar-refractivity contribution in [1.29, 1.82) is 0 Å². The molecule has 0 radical (unpaired) electrons. The van der Waals surface area contributed by atoms with Crippen LogP contribution in [0, 0.1) is 0 Å². The number of carbonyl (C=O) groups is 3. The van der Waals surface area contributed by atoms with Crippen LogP contribution in [0.25, 0.3) is 0 Å². The number of hydrogen-bond donors (Lipinski definition) is 0. The maximum Gasteiger partial charge on any atom is 0.337 e. The van der Waals surface area contributed by atoms with Gasteiger partial charge in [0.15, 0.2) is 11.5 Å². The molecule has 0 N–H and O–H groups in total. The van der Waals surface area contributed by atoms with E-state index in [9.17, 15) is 14.4 Å². The molecule has 2 bridgehead atoms. The molecule has 0 saturated carbocycles. The number of carbonyl (C=O) groups excluding carboxylic acids is 3. The molecular weight excluding hydrogens is 392 g/mol. The Bertz CT molecular complexity index is 945. The van der Waals surface area contributed by atoms with Crippen LogP contribution >= 0.6 is 0 Å². The van der Waals surface area contributed by atoms with Crippen molar-refractivity contribution in [2.75, 3.05) is 28.4 Å². The molecule has 3 rings (SSSR count). The third-order valence-electron chi connectivity index (χ3n) is 5.40. The molecule has 8 heteroatoms. The number of Topliss-reactive ketones (excluding diaryl/α,β-unsaturated/α-hetero) is 1. The van der Waals surface area contributed by atoms with Crippen molar-refractivity contribution < 1.29 is 38.1 Å². The number of esters is 2. The van der Waals surface area contributed by atoms with E-state index in [1.54, 1.807) is 18.2 Å². The Labute approximate surface area is 174 Å². The second-order valence-electron chi connectivity index (χ2n) is 6.93. The molecule has 2 heterocycles. The van der Waals surface area contributed by atoms with Crippen LogP contribution in [0.1, 0.15) is 36.5 Å². The van der Waals surface area contributed by atoms with Gasteiger partial charge in [0.1, 0.15) is 17.5 Å². The second kappa shape index (κ2) is 8.31. The van der Waals surface area contributed by atoms with Crippen LogP contribution in [-0.2, 0) is 34.2 Å². The monoisotopic (exact) mass is 416 g/mol. The van der Waals surface area contributed by atoms with Gasteiger partial charge in [0.25, 0.3) is 0 Å². The molecule has 2 aliphatic rings. The van der Waals surface area contributed by atoms with Crippen molar-refractivity contribution >= 4 is 17.7 Å². The van der Waals surface area contributed by atoms with Gasteiger partial charge >= 0.3 is 11.9 Å². The SMILES string of the molecule is C=CCCC(=O)C[C@@]12O[C@@H](C(C(=O)OC)=C1C(=O)OC)c1cc(OC)c(OC)cc12. The Morgan fingerprint density at radius 1 is 1.07 bits per heavy atom. The number of hydrogen-bond acceptors (Lipinski definition) is 8. The Hall–Kier alpha value is -3.13. The highest BCUT2D eigenvalue weighted by atomic mass is 16.6. The first-order chi connectivity index (χ1) is 14.4. The summed E-state index contributed by atoms with van der Waals surface area (Å²) in [5, 5.41) is 0. The van der Waals surface area contributed by atoms with Crippen LogP contribution in [0.5, 0.6) is 11.5 Å². The first-order valence-electron chi connectivity index (χ1n) is 9.36. The number of rotatable bonds is 9. The summed E-state index contributed by atoms with van der Waals surface area (Å²) < 4.78 is 26.8. The van der Waals surface area contributed by atoms with Gasteiger partial charge in [0.2, 0.25) is 0 Å². The minimum Gasteiger partial charge on any atom is -0.493 e. The summed E-state index contributed by atoms with van der Waals surface area (Å²) in [6.07, 6.45) is 1.31. The first-order valence-corrected chi connectivity index (χ1v) is 9.36. The summed E-state index contributed by atoms with van der Waals surface area (Å²) in [5.41, 5.74) is -0.300. The zero-order valence-corrected chi connectivity index (χ0v) is 17.4. The smallest absolute Gasteiger partial charge is 0.337 e. The molecule has 0 aromatic heterocycles. The average Bonchev–Trinajstić information content (AvgIpc) is 3.25. The molecule has 0 spiro atoms. The summed E-state index contributed by atoms with van der Waals surface area (Å²) in [4.78, 5) is 38.1. The lowest BCUT2D eigenvalue weighted by Gasteiger charge is -2.29. The third-order valence-corrected chi connectivity index (χ3v) is 5.40. The lowest BCUT2D eigenvalue weighted by molar-refractivity contribution is -0.140. The number of benzene rings is 1. The molecule has 0 aliphatic carbocycles. The fraction of sp³-hybridized carbons (Fsp3) is 0.409. The van der Waals surface area contributed by atoms with E-state index in [4.69, 9.17) is 23.7 Å². The van der Waals surface area contributed by atoms with E-state index in [-0.39, 0.29) is 29.8 Å². The fourth-order valence-corrected chi connectivity index (χ4v) is 4.10. The number of ether oxygens (including phenoxy) is 5. The van der Waals surface area contributed by atoms with Gasteiger partial charge in [-0.15, -0.1) is 6.58 Å². The summed E-state index contributed by atoms with van der Waals surface area (Å²) in [5.74, 6) is -0.779. The molecular formula is C22H24O8. The molecule has 0 amide bonds. The van der Waals surface area contributed by atoms with E-state index in [0.717, 1.165) is 0 Å². The highest BCUT2D eigenvalue weighted by Crippen LogP contribution is 2.61. The van der Waals surface area contributed by atoms with Crippen LogP contribution in [-0.4, -0.2) is 46.2 Å². The Morgan fingerprint density at radius 2 is 1.70 bits per heavy atom. The molecule has 0 fully saturated rings. The zero-order chi connectivity index (χ0) is 22.1. The minimum absolute atomic E-state index is 0.0199. The minimum atomic E-state index is -1.48. The average molecular weight is 416 g/mol. The number of methoxy groups -OCH3 is 4. The molecule has 160 valence electrons. The van der Waals surface area contributed by atoms with Gasteiger partial charge in [0, 0.05) is 12.8 Å². The lowest BCUT2D eigenvalue weighted by Crippen LogP contribution is -2.35. The molecule has 2 atom stereocenters. The number of ketones is 1. The summed E-state index contributed by atoms with van der Waals surface area (Å²) in [6.45, 7) is 3.63. The quantitative estimate of drug-likeness (QED) is 0.448. The largest absolute Gasteiger partial charge is 0.493 e. The molecule has 1 aromatic carbocycles. The topological polar surface area (TPSA) is 97.4 Å². The predicted octanol–water partition coefficient (Wildman–Crippen LogP) is 2.55. The van der Waals surface area contributed by atoms with Crippen LogP contribution in [0.3, 0.4) is 0 Å². The van der Waals surface area contributed by atoms with Crippen molar-refractivity contribution in [2.24, 2.45) is 0 Å². The van der Waals surface area contributed by atoms with Crippen LogP contribution in [0.4, 0.5) is 0 Å². The van der Waals surface area contributed by atoms with Crippen molar-refractivity contribution in [3.8, 4) is 11.5 Å². The Kier molecular flexibility index (Phi) is 5.98. The van der Waals surface area contributed by atoms with E-state index < -0.39 is 23.6 Å². The van der Waals surface area contributed by atoms with Crippen molar-refractivity contribution in [3.63, 3.8) is 0 Å². The number of fused-ring (bicyclic) bond motifs is 5.